The van der Waals surface area contributed by atoms with Gasteiger partial charge >= 0.3 is 0 Å². The van der Waals surface area contributed by atoms with Crippen LogP contribution in [0.15, 0.2) is 41.3 Å². The van der Waals surface area contributed by atoms with Gasteiger partial charge in [-0.15, -0.1) is 0 Å². The van der Waals surface area contributed by atoms with Gasteiger partial charge in [0.25, 0.3) is 10.0 Å². The van der Waals surface area contributed by atoms with Crippen molar-refractivity contribution in [3.63, 3.8) is 0 Å². The summed E-state index contributed by atoms with van der Waals surface area (Å²) in [6.07, 6.45) is 0. The number of benzene rings is 2. The molecule has 0 amide bonds. The van der Waals surface area contributed by atoms with Crippen molar-refractivity contribution in [3.05, 3.63) is 52.0 Å². The number of anilines is 1. The predicted molar refractivity (Wildman–Crippen MR) is 89.6 cm³/mol. The highest BCUT2D eigenvalue weighted by Crippen LogP contribution is 2.27. The van der Waals surface area contributed by atoms with Crippen LogP contribution in [0, 0.1) is 6.92 Å². The zero-order chi connectivity index (χ0) is 16.3. The van der Waals surface area contributed by atoms with Gasteiger partial charge in [0.05, 0.1) is 27.2 Å². The molecule has 0 saturated carbocycles. The van der Waals surface area contributed by atoms with Crippen molar-refractivity contribution in [2.24, 2.45) is 0 Å². The van der Waals surface area contributed by atoms with Crippen LogP contribution in [0.25, 0.3) is 0 Å². The topological polar surface area (TPSA) is 55.4 Å². The molecule has 0 aliphatic heterocycles. The number of nitrogens with one attached hydrogen (secondary N) is 1. The average Bonchev–Trinajstić information content (AvgIpc) is 2.45. The van der Waals surface area contributed by atoms with Crippen molar-refractivity contribution in [1.82, 2.24) is 0 Å². The number of sulfonamides is 1. The largest absolute Gasteiger partial charge is 0.494 e. The second kappa shape index (κ2) is 6.77. The summed E-state index contributed by atoms with van der Waals surface area (Å²) in [6.45, 7) is 4.19. The van der Waals surface area contributed by atoms with Crippen LogP contribution in [-0.2, 0) is 10.0 Å². The Morgan fingerprint density at radius 1 is 1.09 bits per heavy atom. The summed E-state index contributed by atoms with van der Waals surface area (Å²) >= 11 is 11.7. The van der Waals surface area contributed by atoms with E-state index < -0.39 is 10.0 Å². The molecule has 0 bridgehead atoms. The SMILES string of the molecule is CCOc1ccc(S(=O)(=O)Nc2ccc(Cl)c(Cl)c2)cc1C. The molecule has 4 nitrogen and oxygen atoms in total. The Morgan fingerprint density at radius 3 is 2.41 bits per heavy atom. The van der Waals surface area contributed by atoms with Crippen molar-refractivity contribution >= 4 is 38.9 Å². The molecule has 0 aliphatic carbocycles. The quantitative estimate of drug-likeness (QED) is 0.854. The predicted octanol–water partition coefficient (Wildman–Crippen LogP) is 4.50. The molecule has 0 saturated heterocycles. The lowest BCUT2D eigenvalue weighted by molar-refractivity contribution is 0.337. The van der Waals surface area contributed by atoms with Gasteiger partial charge in [0.15, 0.2) is 0 Å². The van der Waals surface area contributed by atoms with Crippen LogP contribution in [0.5, 0.6) is 5.75 Å². The van der Waals surface area contributed by atoms with E-state index >= 15 is 0 Å². The summed E-state index contributed by atoms with van der Waals surface area (Å²) in [5, 5.41) is 0.645. The smallest absolute Gasteiger partial charge is 0.261 e. The van der Waals surface area contributed by atoms with E-state index in [4.69, 9.17) is 27.9 Å². The maximum atomic E-state index is 12.4. The van der Waals surface area contributed by atoms with E-state index in [9.17, 15) is 8.42 Å². The highest BCUT2D eigenvalue weighted by molar-refractivity contribution is 7.92. The summed E-state index contributed by atoms with van der Waals surface area (Å²) in [4.78, 5) is 0.152. The maximum absolute atomic E-state index is 12.4. The Labute approximate surface area is 140 Å². The van der Waals surface area contributed by atoms with Crippen molar-refractivity contribution in [2.45, 2.75) is 18.7 Å². The highest BCUT2D eigenvalue weighted by atomic mass is 35.5. The third-order valence-electron chi connectivity index (χ3n) is 2.93. The molecule has 0 atom stereocenters. The van der Waals surface area contributed by atoms with Crippen LogP contribution in [0.3, 0.4) is 0 Å². The van der Waals surface area contributed by atoms with Gasteiger partial charge in [-0.3, -0.25) is 4.72 Å². The average molecular weight is 360 g/mol. The van der Waals surface area contributed by atoms with Crippen molar-refractivity contribution in [2.75, 3.05) is 11.3 Å². The normalized spacial score (nSPS) is 11.3. The zero-order valence-electron chi connectivity index (χ0n) is 12.1. The monoisotopic (exact) mass is 359 g/mol. The summed E-state index contributed by atoms with van der Waals surface area (Å²) in [7, 11) is -3.70. The van der Waals surface area contributed by atoms with E-state index in [0.717, 1.165) is 5.56 Å². The van der Waals surface area contributed by atoms with E-state index in [2.05, 4.69) is 4.72 Å². The number of hydrogen-bond acceptors (Lipinski definition) is 3. The maximum Gasteiger partial charge on any atom is 0.261 e. The Hall–Kier alpha value is -1.43. The minimum absolute atomic E-state index is 0.152. The van der Waals surface area contributed by atoms with Gasteiger partial charge in [-0.25, -0.2) is 8.42 Å². The van der Waals surface area contributed by atoms with Crippen LogP contribution >= 0.6 is 23.2 Å². The highest BCUT2D eigenvalue weighted by Gasteiger charge is 2.16. The number of halogens is 2. The van der Waals surface area contributed by atoms with Crippen molar-refractivity contribution < 1.29 is 13.2 Å². The lowest BCUT2D eigenvalue weighted by Gasteiger charge is -2.11. The minimum atomic E-state index is -3.70. The second-order valence-electron chi connectivity index (χ2n) is 4.59. The molecule has 0 aliphatic rings. The van der Waals surface area contributed by atoms with E-state index in [1.54, 1.807) is 25.1 Å². The van der Waals surface area contributed by atoms with Gasteiger partial charge in [-0.1, -0.05) is 23.2 Å². The standard InChI is InChI=1S/C15H15Cl2NO3S/c1-3-21-15-7-5-12(8-10(15)2)22(19,20)18-11-4-6-13(16)14(17)9-11/h4-9,18H,3H2,1-2H3. The van der Waals surface area contributed by atoms with E-state index in [-0.39, 0.29) is 9.92 Å². The van der Waals surface area contributed by atoms with Crippen molar-refractivity contribution in [1.29, 1.82) is 0 Å². The van der Waals surface area contributed by atoms with Crippen LogP contribution in [-0.4, -0.2) is 15.0 Å². The third-order valence-corrected chi connectivity index (χ3v) is 5.05. The fourth-order valence-electron chi connectivity index (χ4n) is 1.88. The number of rotatable bonds is 5. The molecule has 2 aromatic carbocycles. The molecule has 0 radical (unpaired) electrons. The molecule has 2 rings (SSSR count). The van der Waals surface area contributed by atoms with Gasteiger partial charge in [0.1, 0.15) is 5.75 Å². The van der Waals surface area contributed by atoms with E-state index in [1.165, 1.54) is 18.2 Å². The molecule has 0 fully saturated rings. The van der Waals surface area contributed by atoms with Crippen LogP contribution in [0.2, 0.25) is 10.0 Å². The van der Waals surface area contributed by atoms with Gasteiger partial charge < -0.3 is 4.74 Å². The molecule has 1 N–H and O–H groups in total. The Kier molecular flexibility index (Phi) is 5.21. The Morgan fingerprint density at radius 2 is 1.82 bits per heavy atom. The molecule has 0 spiro atoms. The molecule has 2 aromatic rings. The number of ether oxygens (including phenoxy) is 1. The second-order valence-corrected chi connectivity index (χ2v) is 7.09. The van der Waals surface area contributed by atoms with Crippen molar-refractivity contribution in [3.8, 4) is 5.75 Å². The zero-order valence-corrected chi connectivity index (χ0v) is 14.4. The summed E-state index contributed by atoms with van der Waals surface area (Å²) < 4.78 is 32.7. The first-order chi connectivity index (χ1) is 10.3. The lowest BCUT2D eigenvalue weighted by Crippen LogP contribution is -2.13. The molecule has 0 aromatic heterocycles. The van der Waals surface area contributed by atoms with Crippen LogP contribution in [0.1, 0.15) is 12.5 Å². The molecule has 0 heterocycles. The van der Waals surface area contributed by atoms with Gasteiger partial charge in [-0.05, 0) is 55.8 Å². The lowest BCUT2D eigenvalue weighted by atomic mass is 10.2. The van der Waals surface area contributed by atoms with E-state index in [1.807, 2.05) is 6.92 Å². The summed E-state index contributed by atoms with van der Waals surface area (Å²) in [5.74, 6) is 0.663. The fourth-order valence-corrected chi connectivity index (χ4v) is 3.31. The van der Waals surface area contributed by atoms with Gasteiger partial charge in [-0.2, -0.15) is 0 Å². The van der Waals surface area contributed by atoms with E-state index in [0.29, 0.717) is 23.1 Å². The van der Waals surface area contributed by atoms with Gasteiger partial charge in [0, 0.05) is 0 Å². The summed E-state index contributed by atoms with van der Waals surface area (Å²) in [5.41, 5.74) is 1.10. The summed E-state index contributed by atoms with van der Waals surface area (Å²) in [6, 6.07) is 9.24. The first kappa shape index (κ1) is 16.9. The molecule has 22 heavy (non-hydrogen) atoms. The van der Waals surface area contributed by atoms with Gasteiger partial charge in [0.2, 0.25) is 0 Å². The molecular formula is C15H15Cl2NO3S. The molecule has 7 heteroatoms. The fraction of sp³-hybridized carbons (Fsp3) is 0.200. The van der Waals surface area contributed by atoms with Crippen LogP contribution < -0.4 is 9.46 Å². The Balaban J connectivity index is 2.30. The number of aryl methyl sites for hydroxylation is 1. The minimum Gasteiger partial charge on any atom is -0.494 e. The first-order valence-corrected chi connectivity index (χ1v) is 8.78. The molecule has 0 unspecified atom stereocenters. The molecule has 118 valence electrons. The first-order valence-electron chi connectivity index (χ1n) is 6.55. The Bertz CT molecular complexity index is 791. The third kappa shape index (κ3) is 3.85. The molecular weight excluding hydrogens is 345 g/mol. The number of hydrogen-bond donors (Lipinski definition) is 1. The van der Waals surface area contributed by atoms with Crippen LogP contribution in [0.4, 0.5) is 5.69 Å².